The van der Waals surface area contributed by atoms with Crippen LogP contribution in [0.2, 0.25) is 0 Å². The van der Waals surface area contributed by atoms with Crippen molar-refractivity contribution in [3.63, 3.8) is 0 Å². The van der Waals surface area contributed by atoms with E-state index in [1.807, 2.05) is 23.1 Å². The van der Waals surface area contributed by atoms with Gasteiger partial charge in [-0.3, -0.25) is 0 Å². The van der Waals surface area contributed by atoms with Crippen LogP contribution in [-0.2, 0) is 6.42 Å². The van der Waals surface area contributed by atoms with Crippen LogP contribution in [0.4, 0.5) is 4.79 Å². The maximum Gasteiger partial charge on any atom is 0.322 e. The molecule has 112 valence electrons. The van der Waals surface area contributed by atoms with Gasteiger partial charge in [-0.25, -0.2) is 4.79 Å². The Morgan fingerprint density at radius 1 is 1.38 bits per heavy atom. The summed E-state index contributed by atoms with van der Waals surface area (Å²) in [6.07, 6.45) is 4.10. The molecule has 1 aliphatic carbocycles. The number of hydrogen-bond acceptors (Lipinski definition) is 3. The number of thiocarbonyl (C=S) groups is 1. The number of carbonyl (C=O) groups is 1. The third-order valence-electron chi connectivity index (χ3n) is 4.52. The van der Waals surface area contributed by atoms with Gasteiger partial charge in [-0.2, -0.15) is 0 Å². The zero-order valence-electron chi connectivity index (χ0n) is 12.2. The van der Waals surface area contributed by atoms with Gasteiger partial charge in [0.15, 0.2) is 0 Å². The number of nitrogens with one attached hydrogen (secondary N) is 1. The number of benzene rings is 1. The quantitative estimate of drug-likeness (QED) is 0.870. The van der Waals surface area contributed by atoms with Crippen LogP contribution in [-0.4, -0.2) is 35.6 Å². The number of carbonyl (C=O) groups excluding carboxylic acids is 1. The zero-order valence-corrected chi connectivity index (χ0v) is 13.0. The van der Waals surface area contributed by atoms with E-state index in [-0.39, 0.29) is 12.1 Å². The van der Waals surface area contributed by atoms with Gasteiger partial charge in [-0.15, -0.1) is 0 Å². The molecule has 1 heterocycles. The number of hydrogen-bond donors (Lipinski definition) is 1. The average molecular weight is 304 g/mol. The van der Waals surface area contributed by atoms with Crippen LogP contribution in [0.25, 0.3) is 0 Å². The Kier molecular flexibility index (Phi) is 4.10. The average Bonchev–Trinajstić information content (AvgIpc) is 2.97. The molecule has 0 spiro atoms. The molecular formula is C16H20N2O2S. The molecule has 1 N–H and O–H groups in total. The van der Waals surface area contributed by atoms with E-state index < -0.39 is 0 Å². The maximum atomic E-state index is 12.2. The lowest BCUT2D eigenvalue weighted by Gasteiger charge is -2.38. The highest BCUT2D eigenvalue weighted by Crippen LogP contribution is 2.33. The molecule has 1 aromatic rings. The first-order valence-electron chi connectivity index (χ1n) is 7.44. The van der Waals surface area contributed by atoms with E-state index >= 15 is 0 Å². The third kappa shape index (κ3) is 2.75. The van der Waals surface area contributed by atoms with E-state index in [0.29, 0.717) is 12.5 Å². The Morgan fingerprint density at radius 2 is 2.19 bits per heavy atom. The van der Waals surface area contributed by atoms with Gasteiger partial charge in [0.2, 0.25) is 0 Å². The van der Waals surface area contributed by atoms with Crippen molar-refractivity contribution in [3.05, 3.63) is 29.8 Å². The number of amides is 2. The van der Waals surface area contributed by atoms with E-state index in [2.05, 4.69) is 11.4 Å². The van der Waals surface area contributed by atoms with Crippen molar-refractivity contribution in [1.82, 2.24) is 10.2 Å². The normalized spacial score (nSPS) is 24.7. The summed E-state index contributed by atoms with van der Waals surface area (Å²) in [6, 6.07) is 8.21. The van der Waals surface area contributed by atoms with E-state index in [0.717, 1.165) is 42.0 Å². The SMILES string of the molecule is COc1ccccc1CCN1C(=O)NC(=S)C2CCCC21. The van der Waals surface area contributed by atoms with Crippen molar-refractivity contribution in [2.75, 3.05) is 13.7 Å². The predicted molar refractivity (Wildman–Crippen MR) is 85.7 cm³/mol. The van der Waals surface area contributed by atoms with Gasteiger partial charge >= 0.3 is 6.03 Å². The van der Waals surface area contributed by atoms with Gasteiger partial charge in [0.05, 0.1) is 12.1 Å². The molecule has 4 nitrogen and oxygen atoms in total. The second kappa shape index (κ2) is 6.02. The van der Waals surface area contributed by atoms with Crippen molar-refractivity contribution in [1.29, 1.82) is 0 Å². The van der Waals surface area contributed by atoms with Gasteiger partial charge in [0.25, 0.3) is 0 Å². The molecule has 0 bridgehead atoms. The van der Waals surface area contributed by atoms with Crippen LogP contribution in [0.15, 0.2) is 24.3 Å². The molecule has 1 saturated carbocycles. The summed E-state index contributed by atoms with van der Waals surface area (Å²) < 4.78 is 5.38. The standard InChI is InChI=1S/C16H20N2O2S/c1-20-14-8-3-2-5-11(14)9-10-18-13-7-4-6-12(13)15(21)17-16(18)19/h2-3,5,8,12-13H,4,6-7,9-10H2,1H3,(H,17,19,21). The smallest absolute Gasteiger partial charge is 0.322 e. The molecule has 5 heteroatoms. The number of rotatable bonds is 4. The fourth-order valence-corrected chi connectivity index (χ4v) is 3.82. The molecule has 21 heavy (non-hydrogen) atoms. The number of urea groups is 1. The zero-order chi connectivity index (χ0) is 14.8. The Hall–Kier alpha value is -1.62. The third-order valence-corrected chi connectivity index (χ3v) is 4.93. The summed E-state index contributed by atoms with van der Waals surface area (Å²) >= 11 is 5.31. The Labute approximate surface area is 130 Å². The second-order valence-corrected chi connectivity index (χ2v) is 6.09. The van der Waals surface area contributed by atoms with Crippen molar-refractivity contribution in [2.24, 2.45) is 5.92 Å². The highest BCUT2D eigenvalue weighted by atomic mass is 32.1. The van der Waals surface area contributed by atoms with Gasteiger partial charge in [0, 0.05) is 18.5 Å². The molecule has 2 amide bonds. The van der Waals surface area contributed by atoms with Gasteiger partial charge < -0.3 is 15.0 Å². The summed E-state index contributed by atoms with van der Waals surface area (Å²) in [5.74, 6) is 1.23. The topological polar surface area (TPSA) is 41.6 Å². The van der Waals surface area contributed by atoms with Gasteiger partial charge in [-0.1, -0.05) is 36.8 Å². The summed E-state index contributed by atoms with van der Waals surface area (Å²) in [5, 5.41) is 2.85. The Balaban J connectivity index is 1.72. The van der Waals surface area contributed by atoms with E-state index in [1.165, 1.54) is 0 Å². The number of nitrogens with zero attached hydrogens (tertiary/aromatic N) is 1. The number of fused-ring (bicyclic) bond motifs is 1. The van der Waals surface area contributed by atoms with E-state index in [4.69, 9.17) is 17.0 Å². The lowest BCUT2D eigenvalue weighted by Crippen LogP contribution is -2.58. The molecule has 0 aromatic heterocycles. The second-order valence-electron chi connectivity index (χ2n) is 5.65. The van der Waals surface area contributed by atoms with E-state index in [9.17, 15) is 4.79 Å². The lowest BCUT2D eigenvalue weighted by molar-refractivity contribution is 0.164. The van der Waals surface area contributed by atoms with E-state index in [1.54, 1.807) is 7.11 Å². The largest absolute Gasteiger partial charge is 0.496 e. The Morgan fingerprint density at radius 3 is 3.00 bits per heavy atom. The highest BCUT2D eigenvalue weighted by Gasteiger charge is 2.41. The molecule has 3 rings (SSSR count). The van der Waals surface area contributed by atoms with Crippen molar-refractivity contribution < 1.29 is 9.53 Å². The van der Waals surface area contributed by atoms with Gasteiger partial charge in [0.1, 0.15) is 5.75 Å². The van der Waals surface area contributed by atoms with Crippen LogP contribution in [0.1, 0.15) is 24.8 Å². The summed E-state index contributed by atoms with van der Waals surface area (Å²) in [5.41, 5.74) is 1.13. The van der Waals surface area contributed by atoms with Crippen molar-refractivity contribution >= 4 is 23.2 Å². The number of methoxy groups -OCH3 is 1. The molecular weight excluding hydrogens is 284 g/mol. The molecule has 1 aliphatic heterocycles. The highest BCUT2D eigenvalue weighted by molar-refractivity contribution is 7.80. The summed E-state index contributed by atoms with van der Waals surface area (Å²) in [7, 11) is 1.68. The first-order chi connectivity index (χ1) is 10.2. The van der Waals surface area contributed by atoms with Crippen molar-refractivity contribution in [2.45, 2.75) is 31.7 Å². The minimum atomic E-state index is -0.0435. The first-order valence-corrected chi connectivity index (χ1v) is 7.85. The van der Waals surface area contributed by atoms with Crippen LogP contribution in [0, 0.1) is 5.92 Å². The van der Waals surface area contributed by atoms with Crippen molar-refractivity contribution in [3.8, 4) is 5.75 Å². The fraction of sp³-hybridized carbons (Fsp3) is 0.500. The minimum Gasteiger partial charge on any atom is -0.496 e. The maximum absolute atomic E-state index is 12.2. The molecule has 2 fully saturated rings. The monoisotopic (exact) mass is 304 g/mol. The first kappa shape index (κ1) is 14.3. The molecule has 0 radical (unpaired) electrons. The number of ether oxygens (including phenoxy) is 1. The molecule has 2 unspecified atom stereocenters. The van der Waals surface area contributed by atoms with Gasteiger partial charge in [-0.05, 0) is 30.9 Å². The molecule has 2 atom stereocenters. The van der Waals surface area contributed by atoms with Crippen LogP contribution in [0.3, 0.4) is 0 Å². The van der Waals surface area contributed by atoms with Crippen LogP contribution < -0.4 is 10.1 Å². The molecule has 1 aromatic carbocycles. The molecule has 2 aliphatic rings. The van der Waals surface area contributed by atoms with Crippen LogP contribution in [0.5, 0.6) is 5.75 Å². The van der Waals surface area contributed by atoms with Crippen LogP contribution >= 0.6 is 12.2 Å². The fourth-order valence-electron chi connectivity index (χ4n) is 3.46. The predicted octanol–water partition coefficient (Wildman–Crippen LogP) is 2.76. The minimum absolute atomic E-state index is 0.0435. The molecule has 1 saturated heterocycles. The Bertz CT molecular complexity index is 561. The summed E-state index contributed by atoms with van der Waals surface area (Å²) in [4.78, 5) is 14.9. The lowest BCUT2D eigenvalue weighted by atomic mass is 9.99. The number of para-hydroxylation sites is 1. The summed E-state index contributed by atoms with van der Waals surface area (Å²) in [6.45, 7) is 0.704.